The Morgan fingerprint density at radius 3 is 1.11 bits per heavy atom. The second-order valence-corrected chi connectivity index (χ2v) is 20.2. The Bertz CT molecular complexity index is 4660. The molecule has 0 aliphatic carbocycles. The largest absolute Gasteiger partial charge is 0.438 e. The van der Waals surface area contributed by atoms with E-state index in [0.29, 0.717) is 54.1 Å². The second kappa shape index (κ2) is 24.5. The van der Waals surface area contributed by atoms with Gasteiger partial charge in [0.2, 0.25) is 11.4 Å². The standard InChI is InChI=1S/C36H26ClN3O.C24H16Cl2N2O.C12H11N/c1-25-23-29-34-30(19-12-22-33(34)41-36(29)38-24-25)40(28-17-9-4-10-18-28)32-21-11-20-31(35(32)37)39(26-13-5-2-6-14-26)27-15-7-3-8-16-27;1-15-13-17-22-19(10-6-12-21(22)29-24(17)27-14-15)28(16-7-3-2-4-8-16)20-11-5-9-18(25)23(20)26;1-3-7-11(8-4-1)13-12-9-5-2-6-10-12/h2-24H,1H3;2-14H,1H3;1-10,13H/i2*1D3;. The number of nitrogens with one attached hydrogen (secondary N) is 1. The van der Waals surface area contributed by atoms with E-state index >= 15 is 0 Å². The van der Waals surface area contributed by atoms with Gasteiger partial charge < -0.3 is 28.9 Å². The normalized spacial score (nSPS) is 12.3. The minimum absolute atomic E-state index is 0.148. The molecule has 14 aromatic rings. The number of rotatable bonds is 11. The lowest BCUT2D eigenvalue weighted by molar-refractivity contribution is 0.653. The highest BCUT2D eigenvalue weighted by atomic mass is 35.5. The number of hydrogen-bond acceptors (Lipinski definition) is 8. The average Bonchev–Trinajstić information content (AvgIpc) is 2.57. The molecule has 0 unspecified atom stereocenters. The van der Waals surface area contributed by atoms with E-state index in [-0.39, 0.29) is 11.1 Å². The molecule has 0 fully saturated rings. The number of furan rings is 2. The van der Waals surface area contributed by atoms with Gasteiger partial charge in [-0.05, 0) is 158 Å². The van der Waals surface area contributed by atoms with Crippen LogP contribution in [0.2, 0.25) is 15.1 Å². The first-order valence-corrected chi connectivity index (χ1v) is 27.7. The lowest BCUT2D eigenvalue weighted by atomic mass is 10.1. The number of para-hydroxylation sites is 6. The van der Waals surface area contributed by atoms with Crippen LogP contribution in [-0.2, 0) is 0 Å². The first kappa shape index (κ1) is 46.9. The van der Waals surface area contributed by atoms with Crippen LogP contribution in [0.3, 0.4) is 0 Å². The van der Waals surface area contributed by atoms with Crippen molar-refractivity contribution in [1.82, 2.24) is 9.97 Å². The molecule has 11 heteroatoms. The zero-order valence-electron chi connectivity index (χ0n) is 50.2. The van der Waals surface area contributed by atoms with Gasteiger partial charge in [-0.15, -0.1) is 0 Å². The van der Waals surface area contributed by atoms with E-state index in [0.717, 1.165) is 67.6 Å². The number of benzene rings is 10. The van der Waals surface area contributed by atoms with Gasteiger partial charge >= 0.3 is 0 Å². The molecular formula is C72H53Cl3N6O2. The highest BCUT2D eigenvalue weighted by molar-refractivity contribution is 6.44. The van der Waals surface area contributed by atoms with E-state index < -0.39 is 13.7 Å². The van der Waals surface area contributed by atoms with Crippen LogP contribution in [0.15, 0.2) is 288 Å². The number of fused-ring (bicyclic) bond motifs is 6. The van der Waals surface area contributed by atoms with Crippen molar-refractivity contribution in [3.8, 4) is 0 Å². The van der Waals surface area contributed by atoms with Crippen molar-refractivity contribution in [1.29, 1.82) is 0 Å². The molecule has 0 saturated carbocycles. The van der Waals surface area contributed by atoms with Crippen molar-refractivity contribution in [2.45, 2.75) is 13.7 Å². The fourth-order valence-corrected chi connectivity index (χ4v) is 10.7. The summed E-state index contributed by atoms with van der Waals surface area (Å²) in [7, 11) is 0. The highest BCUT2D eigenvalue weighted by Gasteiger charge is 2.26. The Labute approximate surface area is 505 Å². The fourth-order valence-electron chi connectivity index (χ4n) is 10.0. The van der Waals surface area contributed by atoms with E-state index in [2.05, 4.69) is 49.4 Å². The van der Waals surface area contributed by atoms with Crippen molar-refractivity contribution < 1.29 is 17.1 Å². The molecule has 10 aromatic carbocycles. The van der Waals surface area contributed by atoms with Gasteiger partial charge in [0.1, 0.15) is 11.2 Å². The third-order valence-corrected chi connectivity index (χ3v) is 14.8. The van der Waals surface area contributed by atoms with Crippen molar-refractivity contribution in [2.24, 2.45) is 0 Å². The summed E-state index contributed by atoms with van der Waals surface area (Å²) in [5, 5.41) is 7.39. The topological polar surface area (TPSA) is 73.8 Å². The van der Waals surface area contributed by atoms with Crippen molar-refractivity contribution in [2.75, 3.05) is 20.0 Å². The first-order chi connectivity index (χ1) is 43.2. The van der Waals surface area contributed by atoms with Gasteiger partial charge in [-0.3, -0.25) is 0 Å². The third-order valence-electron chi connectivity index (χ3n) is 13.7. The second-order valence-electron chi connectivity index (χ2n) is 19.0. The molecule has 1 N–H and O–H groups in total. The quantitative estimate of drug-likeness (QED) is 0.137. The molecule has 0 aliphatic heterocycles. The van der Waals surface area contributed by atoms with Gasteiger partial charge in [0.25, 0.3) is 0 Å². The third kappa shape index (κ3) is 11.4. The van der Waals surface area contributed by atoms with Crippen LogP contribution in [0.1, 0.15) is 19.4 Å². The maximum absolute atomic E-state index is 7.98. The maximum atomic E-state index is 7.98. The van der Waals surface area contributed by atoms with Crippen LogP contribution in [0.25, 0.3) is 44.1 Å². The minimum atomic E-state index is -2.31. The summed E-state index contributed by atoms with van der Waals surface area (Å²) in [4.78, 5) is 14.8. The molecule has 4 heterocycles. The lowest BCUT2D eigenvalue weighted by Gasteiger charge is -2.31. The summed E-state index contributed by atoms with van der Waals surface area (Å²) in [6.45, 7) is -4.59. The summed E-state index contributed by atoms with van der Waals surface area (Å²) in [6.07, 6.45) is 2.69. The molecule has 4 aromatic heterocycles. The summed E-state index contributed by atoms with van der Waals surface area (Å²) in [6, 6.07) is 86.3. The van der Waals surface area contributed by atoms with Gasteiger partial charge in [-0.25, -0.2) is 9.97 Å². The number of anilines is 11. The molecule has 0 aliphatic rings. The van der Waals surface area contributed by atoms with E-state index in [1.165, 1.54) is 12.4 Å². The number of nitrogens with zero attached hydrogens (tertiary/aromatic N) is 5. The molecule has 0 saturated heterocycles. The van der Waals surface area contributed by atoms with Gasteiger partial charge in [-0.2, -0.15) is 0 Å². The number of hydrogen-bond donors (Lipinski definition) is 1. The summed E-state index contributed by atoms with van der Waals surface area (Å²) in [5.41, 5.74) is 11.9. The van der Waals surface area contributed by atoms with E-state index in [4.69, 9.17) is 51.9 Å². The predicted molar refractivity (Wildman–Crippen MR) is 348 cm³/mol. The zero-order valence-corrected chi connectivity index (χ0v) is 46.5. The SMILES string of the molecule is [2H]C([2H])([2H])c1cnc2oc3cccc(N(c4ccccc4)c4cccc(Cl)c4Cl)c3c2c1.[2H]C([2H])([2H])c1cnc2oc3cccc(N(c4ccccc4)c4cccc(N(c5ccccc5)c5ccccc5)c4Cl)c3c2c1.c1ccc(Nc2ccccc2)cc1. The molecule has 0 amide bonds. The number of aromatic nitrogens is 2. The van der Waals surface area contributed by atoms with Crippen LogP contribution in [0, 0.1) is 13.7 Å². The van der Waals surface area contributed by atoms with Crippen molar-refractivity contribution in [3.63, 3.8) is 0 Å². The van der Waals surface area contributed by atoms with Crippen LogP contribution in [-0.4, -0.2) is 9.97 Å². The average molecular weight is 1150 g/mol. The van der Waals surface area contributed by atoms with E-state index in [1.807, 2.05) is 229 Å². The molecule has 404 valence electrons. The molecule has 83 heavy (non-hydrogen) atoms. The minimum Gasteiger partial charge on any atom is -0.438 e. The number of pyridine rings is 2. The van der Waals surface area contributed by atoms with Gasteiger partial charge in [0.05, 0.1) is 65.0 Å². The van der Waals surface area contributed by atoms with Crippen LogP contribution >= 0.6 is 34.8 Å². The monoisotopic (exact) mass is 1140 g/mol. The number of halogens is 3. The van der Waals surface area contributed by atoms with Crippen LogP contribution in [0.4, 0.5) is 62.6 Å². The van der Waals surface area contributed by atoms with Gasteiger partial charge in [0.15, 0.2) is 0 Å². The van der Waals surface area contributed by atoms with E-state index in [9.17, 15) is 0 Å². The Hall–Kier alpha value is -9.83. The maximum Gasteiger partial charge on any atom is 0.227 e. The molecule has 0 atom stereocenters. The summed E-state index contributed by atoms with van der Waals surface area (Å²) in [5.74, 6) is 0. The smallest absolute Gasteiger partial charge is 0.227 e. The molecule has 0 spiro atoms. The Kier molecular flexibility index (Phi) is 13.8. The van der Waals surface area contributed by atoms with Crippen LogP contribution < -0.4 is 20.0 Å². The Morgan fingerprint density at radius 2 is 0.699 bits per heavy atom. The van der Waals surface area contributed by atoms with Crippen LogP contribution in [0.5, 0.6) is 0 Å². The van der Waals surface area contributed by atoms with E-state index in [1.54, 1.807) is 18.2 Å². The van der Waals surface area contributed by atoms with Gasteiger partial charge in [-0.1, -0.05) is 168 Å². The fraction of sp³-hybridized carbons (Fsp3) is 0.0278. The molecule has 8 nitrogen and oxygen atoms in total. The Balaban J connectivity index is 0.000000148. The zero-order chi connectivity index (χ0) is 61.7. The predicted octanol–water partition coefficient (Wildman–Crippen LogP) is 22.4. The highest BCUT2D eigenvalue weighted by Crippen LogP contribution is 2.50. The molecule has 0 radical (unpaired) electrons. The molecule has 14 rings (SSSR count). The Morgan fingerprint density at radius 1 is 0.361 bits per heavy atom. The first-order valence-electron chi connectivity index (χ1n) is 29.5. The summed E-state index contributed by atoms with van der Waals surface area (Å²) < 4.78 is 59.4. The summed E-state index contributed by atoms with van der Waals surface area (Å²) >= 11 is 20.4. The molecule has 0 bridgehead atoms. The van der Waals surface area contributed by atoms with Gasteiger partial charge in [0, 0.05) is 54.7 Å². The number of aryl methyl sites for hydroxylation is 2. The van der Waals surface area contributed by atoms with Crippen molar-refractivity contribution >= 4 is 142 Å². The lowest BCUT2D eigenvalue weighted by Crippen LogP contribution is -2.14. The van der Waals surface area contributed by atoms with Crippen molar-refractivity contribution in [3.05, 3.63) is 306 Å². The molecular weight excluding hydrogens is 1090 g/mol.